The molecule has 1 aromatic carbocycles. The first-order chi connectivity index (χ1) is 8.54. The van der Waals surface area contributed by atoms with Crippen LogP contribution in [-0.4, -0.2) is 26.2 Å². The van der Waals surface area contributed by atoms with Crippen molar-refractivity contribution in [3.05, 3.63) is 29.8 Å². The quantitative estimate of drug-likeness (QED) is 0.878. The van der Waals surface area contributed by atoms with Crippen LogP contribution in [0.2, 0.25) is 0 Å². The molecule has 18 heavy (non-hydrogen) atoms. The molecule has 1 N–H and O–H groups in total. The first-order valence-electron chi connectivity index (χ1n) is 7.05. The van der Waals surface area contributed by atoms with E-state index in [1.54, 1.807) is 0 Å². The Morgan fingerprint density at radius 1 is 1.33 bits per heavy atom. The summed E-state index contributed by atoms with van der Waals surface area (Å²) in [6.45, 7) is 9.29. The van der Waals surface area contributed by atoms with Gasteiger partial charge in [0.15, 0.2) is 0 Å². The summed E-state index contributed by atoms with van der Waals surface area (Å²) in [6, 6.07) is 9.38. The highest BCUT2D eigenvalue weighted by Gasteiger charge is 2.29. The molecule has 0 fully saturated rings. The number of nitrogens with zero attached hydrogens (tertiary/aromatic N) is 1. The van der Waals surface area contributed by atoms with E-state index in [-0.39, 0.29) is 5.41 Å². The van der Waals surface area contributed by atoms with Gasteiger partial charge in [-0.15, -0.1) is 0 Å². The number of para-hydroxylation sites is 1. The normalized spacial score (nSPS) is 17.4. The fourth-order valence-corrected chi connectivity index (χ4v) is 2.80. The fraction of sp³-hybridized carbons (Fsp3) is 0.625. The molecule has 0 radical (unpaired) electrons. The van der Waals surface area contributed by atoms with Crippen molar-refractivity contribution in [2.75, 3.05) is 25.0 Å². The lowest BCUT2D eigenvalue weighted by Gasteiger charge is -2.40. The molecular formula is C16H26N2. The van der Waals surface area contributed by atoms with Crippen LogP contribution in [0.5, 0.6) is 0 Å². The Morgan fingerprint density at radius 2 is 2.06 bits per heavy atom. The van der Waals surface area contributed by atoms with Gasteiger partial charge in [0.05, 0.1) is 0 Å². The predicted octanol–water partition coefficient (Wildman–Crippen LogP) is 3.07. The Kier molecular flexibility index (Phi) is 3.96. The minimum Gasteiger partial charge on any atom is -0.371 e. The summed E-state index contributed by atoms with van der Waals surface area (Å²) in [6.07, 6.45) is 2.51. The maximum absolute atomic E-state index is 3.39. The number of aryl methyl sites for hydroxylation is 1. The zero-order valence-corrected chi connectivity index (χ0v) is 12.2. The molecule has 0 aliphatic carbocycles. The van der Waals surface area contributed by atoms with E-state index in [0.717, 1.165) is 6.54 Å². The van der Waals surface area contributed by atoms with Crippen LogP contribution >= 0.6 is 0 Å². The third kappa shape index (κ3) is 2.69. The van der Waals surface area contributed by atoms with Crippen molar-refractivity contribution < 1.29 is 0 Å². The standard InChI is InChI=1S/C16H26N2/c1-13(17-4)16(2,3)12-18-11-7-9-14-8-5-6-10-15(14)18/h5-6,8,10,13,17H,7,9,11-12H2,1-4H3. The highest BCUT2D eigenvalue weighted by Crippen LogP contribution is 2.31. The lowest BCUT2D eigenvalue weighted by Crippen LogP contribution is -2.47. The molecule has 0 aromatic heterocycles. The SMILES string of the molecule is CNC(C)C(C)(C)CN1CCCc2ccccc21. The van der Waals surface area contributed by atoms with E-state index < -0.39 is 0 Å². The second-order valence-electron chi connectivity index (χ2n) is 6.15. The molecule has 0 saturated carbocycles. The van der Waals surface area contributed by atoms with Gasteiger partial charge in [-0.25, -0.2) is 0 Å². The maximum Gasteiger partial charge on any atom is 0.0398 e. The van der Waals surface area contributed by atoms with Crippen LogP contribution in [0, 0.1) is 5.41 Å². The van der Waals surface area contributed by atoms with Crippen molar-refractivity contribution in [3.63, 3.8) is 0 Å². The first kappa shape index (κ1) is 13.4. The van der Waals surface area contributed by atoms with Crippen molar-refractivity contribution in [2.45, 2.75) is 39.7 Å². The summed E-state index contributed by atoms with van der Waals surface area (Å²) in [5, 5.41) is 3.39. The molecule has 1 heterocycles. The zero-order valence-electron chi connectivity index (χ0n) is 12.2. The molecule has 0 amide bonds. The minimum absolute atomic E-state index is 0.277. The van der Waals surface area contributed by atoms with E-state index in [1.807, 2.05) is 0 Å². The van der Waals surface area contributed by atoms with Crippen molar-refractivity contribution >= 4 is 5.69 Å². The van der Waals surface area contributed by atoms with E-state index in [9.17, 15) is 0 Å². The second-order valence-corrected chi connectivity index (χ2v) is 6.15. The Labute approximate surface area is 111 Å². The Bertz CT molecular complexity index is 398. The maximum atomic E-state index is 3.39. The summed E-state index contributed by atoms with van der Waals surface area (Å²) in [5.41, 5.74) is 3.23. The zero-order chi connectivity index (χ0) is 13.2. The lowest BCUT2D eigenvalue weighted by atomic mass is 9.84. The van der Waals surface area contributed by atoms with Crippen LogP contribution in [0.3, 0.4) is 0 Å². The molecule has 1 unspecified atom stereocenters. The van der Waals surface area contributed by atoms with Crippen molar-refractivity contribution in [1.29, 1.82) is 0 Å². The van der Waals surface area contributed by atoms with Crippen LogP contribution in [0.15, 0.2) is 24.3 Å². The van der Waals surface area contributed by atoms with E-state index >= 15 is 0 Å². The van der Waals surface area contributed by atoms with Crippen LogP contribution in [0.1, 0.15) is 32.8 Å². The summed E-state index contributed by atoms with van der Waals surface area (Å²) >= 11 is 0. The van der Waals surface area contributed by atoms with Gasteiger partial charge in [0.25, 0.3) is 0 Å². The largest absolute Gasteiger partial charge is 0.371 e. The molecule has 0 spiro atoms. The van der Waals surface area contributed by atoms with Crippen molar-refractivity contribution in [1.82, 2.24) is 5.32 Å². The van der Waals surface area contributed by atoms with Gasteiger partial charge in [0.2, 0.25) is 0 Å². The van der Waals surface area contributed by atoms with Gasteiger partial charge in [-0.2, -0.15) is 0 Å². The van der Waals surface area contributed by atoms with Crippen LogP contribution in [0.4, 0.5) is 5.69 Å². The Morgan fingerprint density at radius 3 is 2.78 bits per heavy atom. The molecule has 1 aromatic rings. The minimum atomic E-state index is 0.277. The van der Waals surface area contributed by atoms with Crippen molar-refractivity contribution in [2.24, 2.45) is 5.41 Å². The number of nitrogens with one attached hydrogen (secondary N) is 1. The molecule has 1 aliphatic rings. The van der Waals surface area contributed by atoms with Gasteiger partial charge in [-0.1, -0.05) is 32.0 Å². The van der Waals surface area contributed by atoms with E-state index in [1.165, 1.54) is 30.6 Å². The molecule has 2 nitrogen and oxygen atoms in total. The average Bonchev–Trinajstić information content (AvgIpc) is 2.38. The number of hydrogen-bond donors (Lipinski definition) is 1. The van der Waals surface area contributed by atoms with Gasteiger partial charge in [-0.05, 0) is 43.9 Å². The average molecular weight is 246 g/mol. The van der Waals surface area contributed by atoms with Gasteiger partial charge >= 0.3 is 0 Å². The van der Waals surface area contributed by atoms with Gasteiger partial charge in [-0.3, -0.25) is 0 Å². The lowest BCUT2D eigenvalue weighted by molar-refractivity contribution is 0.270. The molecule has 0 bridgehead atoms. The number of rotatable bonds is 4. The summed E-state index contributed by atoms with van der Waals surface area (Å²) < 4.78 is 0. The van der Waals surface area contributed by atoms with Crippen LogP contribution in [-0.2, 0) is 6.42 Å². The first-order valence-corrected chi connectivity index (χ1v) is 7.05. The van der Waals surface area contributed by atoms with Crippen molar-refractivity contribution in [3.8, 4) is 0 Å². The molecule has 1 atom stereocenters. The van der Waals surface area contributed by atoms with Crippen LogP contribution in [0.25, 0.3) is 0 Å². The number of hydrogen-bond acceptors (Lipinski definition) is 2. The van der Waals surface area contributed by atoms with Gasteiger partial charge < -0.3 is 10.2 Å². The predicted molar refractivity (Wildman–Crippen MR) is 79.3 cm³/mol. The Hall–Kier alpha value is -1.02. The van der Waals surface area contributed by atoms with Crippen LogP contribution < -0.4 is 10.2 Å². The molecule has 1 aliphatic heterocycles. The number of anilines is 1. The molecule has 100 valence electrons. The topological polar surface area (TPSA) is 15.3 Å². The Balaban J connectivity index is 2.16. The highest BCUT2D eigenvalue weighted by molar-refractivity contribution is 5.55. The van der Waals surface area contributed by atoms with E-state index in [2.05, 4.69) is 62.3 Å². The number of fused-ring (bicyclic) bond motifs is 1. The third-order valence-corrected chi connectivity index (χ3v) is 4.41. The summed E-state index contributed by atoms with van der Waals surface area (Å²) in [5.74, 6) is 0. The summed E-state index contributed by atoms with van der Waals surface area (Å²) in [4.78, 5) is 2.56. The summed E-state index contributed by atoms with van der Waals surface area (Å²) in [7, 11) is 2.05. The monoisotopic (exact) mass is 246 g/mol. The number of benzene rings is 1. The second kappa shape index (κ2) is 5.31. The van der Waals surface area contributed by atoms with Gasteiger partial charge in [0.1, 0.15) is 0 Å². The van der Waals surface area contributed by atoms with E-state index in [0.29, 0.717) is 6.04 Å². The third-order valence-electron chi connectivity index (χ3n) is 4.41. The highest BCUT2D eigenvalue weighted by atomic mass is 15.1. The van der Waals surface area contributed by atoms with Gasteiger partial charge in [0, 0.05) is 24.8 Å². The molecule has 2 heteroatoms. The fourth-order valence-electron chi connectivity index (χ4n) is 2.80. The molecule has 0 saturated heterocycles. The van der Waals surface area contributed by atoms with E-state index in [4.69, 9.17) is 0 Å². The smallest absolute Gasteiger partial charge is 0.0398 e. The molecule has 2 rings (SSSR count). The molecular weight excluding hydrogens is 220 g/mol.